The molecule has 0 amide bonds. The maximum absolute atomic E-state index is 2.37. The third-order valence-corrected chi connectivity index (χ3v) is 16.4. The zero-order valence-electron chi connectivity index (χ0n) is 48.9. The molecule has 0 bridgehead atoms. The summed E-state index contributed by atoms with van der Waals surface area (Å²) in [6.07, 6.45) is 17.0. The highest BCUT2D eigenvalue weighted by Gasteiger charge is 2.15. The number of hydrogen-bond donors (Lipinski definition) is 0. The fourth-order valence-electron chi connectivity index (χ4n) is 11.3. The second-order valence-electron chi connectivity index (χ2n) is 22.4. The Labute approximate surface area is 510 Å². The molecule has 0 aliphatic heterocycles. The number of aryl methyl sites for hydroxylation is 8. The summed E-state index contributed by atoms with van der Waals surface area (Å²) in [5, 5.41) is 0. The molecule has 0 aliphatic carbocycles. The molecule has 2 heteroatoms. The molecule has 0 unspecified atom stereocenters. The van der Waals surface area contributed by atoms with Crippen LogP contribution in [0.5, 0.6) is 0 Å². The van der Waals surface area contributed by atoms with Crippen molar-refractivity contribution in [2.24, 2.45) is 0 Å². The summed E-state index contributed by atoms with van der Waals surface area (Å²) in [5.41, 5.74) is 24.7. The van der Waals surface area contributed by atoms with Crippen LogP contribution in [0, 0.1) is 0 Å². The molecule has 0 aromatic heterocycles. The molecule has 0 spiro atoms. The Hall–Kier alpha value is -10.3. The van der Waals surface area contributed by atoms with E-state index in [4.69, 9.17) is 0 Å². The number of benzene rings is 12. The Balaban J connectivity index is 0.685. The van der Waals surface area contributed by atoms with E-state index in [1.54, 1.807) is 0 Å². The van der Waals surface area contributed by atoms with Gasteiger partial charge in [0, 0.05) is 34.1 Å². The van der Waals surface area contributed by atoms with Crippen LogP contribution < -0.4 is 9.80 Å². The van der Waals surface area contributed by atoms with Gasteiger partial charge in [-0.15, -0.1) is 0 Å². The molecule has 0 radical (unpaired) electrons. The number of anilines is 6. The first kappa shape index (κ1) is 56.2. The van der Waals surface area contributed by atoms with Crippen molar-refractivity contribution in [1.29, 1.82) is 0 Å². The lowest BCUT2D eigenvalue weighted by Crippen LogP contribution is -2.10. The molecule has 12 aromatic rings. The van der Waals surface area contributed by atoms with Gasteiger partial charge in [-0.1, -0.05) is 267 Å². The summed E-state index contributed by atoms with van der Waals surface area (Å²) >= 11 is 0. The van der Waals surface area contributed by atoms with Gasteiger partial charge in [0.15, 0.2) is 0 Å². The van der Waals surface area contributed by atoms with Crippen molar-refractivity contribution >= 4 is 58.4 Å². The zero-order chi connectivity index (χ0) is 58.0. The molecular weight excluding hydrogens is 1040 g/mol. The van der Waals surface area contributed by atoms with Gasteiger partial charge in [-0.2, -0.15) is 0 Å². The van der Waals surface area contributed by atoms with Gasteiger partial charge < -0.3 is 9.80 Å². The van der Waals surface area contributed by atoms with E-state index in [0.717, 1.165) is 108 Å². The van der Waals surface area contributed by atoms with Gasteiger partial charge in [0.2, 0.25) is 0 Å². The predicted octanol–water partition coefficient (Wildman–Crippen LogP) is 21.8. The highest BCUT2D eigenvalue weighted by Crippen LogP contribution is 2.37. The maximum Gasteiger partial charge on any atom is 0.0462 e. The fourth-order valence-corrected chi connectivity index (χ4v) is 11.3. The first-order valence-corrected chi connectivity index (χ1v) is 30.5. The average Bonchev–Trinajstić information content (AvgIpc) is 2.84. The molecule has 12 rings (SSSR count). The molecule has 0 saturated carbocycles. The second-order valence-corrected chi connectivity index (χ2v) is 22.4. The lowest BCUT2D eigenvalue weighted by Gasteiger charge is -2.26. The monoisotopic (exact) mass is 1110 g/mol. The van der Waals surface area contributed by atoms with Gasteiger partial charge in [0.25, 0.3) is 0 Å². The standard InChI is InChI=1S/C84H72N2/c1-5-13-65(14-6-1)21-25-71-37-53-79(54-38-71)85(80-55-39-72(40-56-80)26-22-66-15-7-2-8-16-66)83-61-45-75(46-62-83)31-29-69-33-49-77(50-34-69)78-51-35-70(36-52-78)30-32-76-47-63-84(64-48-76)86(81-57-41-73(42-58-81)27-23-67-17-9-3-10-18-67)82-59-43-74(44-60-82)28-24-68-19-11-4-12-20-68/h1-20,29-64H,21-28H2/b31-29+,32-30+. The molecule has 0 aliphatic rings. The minimum Gasteiger partial charge on any atom is -0.311 e. The normalized spacial score (nSPS) is 11.3. The van der Waals surface area contributed by atoms with Crippen molar-refractivity contribution in [2.75, 3.05) is 9.80 Å². The number of hydrogen-bond acceptors (Lipinski definition) is 2. The molecule has 0 atom stereocenters. The van der Waals surface area contributed by atoms with E-state index in [2.05, 4.69) is 350 Å². The molecule has 418 valence electrons. The van der Waals surface area contributed by atoms with Crippen molar-refractivity contribution in [3.8, 4) is 11.1 Å². The smallest absolute Gasteiger partial charge is 0.0462 e. The van der Waals surface area contributed by atoms with Gasteiger partial charge in [-0.05, 0) is 202 Å². The van der Waals surface area contributed by atoms with Crippen molar-refractivity contribution in [1.82, 2.24) is 0 Å². The van der Waals surface area contributed by atoms with E-state index in [-0.39, 0.29) is 0 Å². The van der Waals surface area contributed by atoms with Crippen LogP contribution in [0.1, 0.15) is 66.8 Å². The van der Waals surface area contributed by atoms with E-state index in [9.17, 15) is 0 Å². The molecular formula is C84H72N2. The van der Waals surface area contributed by atoms with Crippen LogP contribution in [0.15, 0.2) is 315 Å². The molecule has 12 aromatic carbocycles. The van der Waals surface area contributed by atoms with Crippen LogP contribution in [0.3, 0.4) is 0 Å². The van der Waals surface area contributed by atoms with Crippen LogP contribution in [-0.2, 0) is 51.4 Å². The van der Waals surface area contributed by atoms with Crippen molar-refractivity contribution in [3.63, 3.8) is 0 Å². The minimum absolute atomic E-state index is 1.01. The third kappa shape index (κ3) is 15.3. The van der Waals surface area contributed by atoms with Crippen molar-refractivity contribution < 1.29 is 0 Å². The van der Waals surface area contributed by atoms with E-state index in [1.165, 1.54) is 55.6 Å². The van der Waals surface area contributed by atoms with E-state index in [0.29, 0.717) is 0 Å². The van der Waals surface area contributed by atoms with E-state index in [1.807, 2.05) is 0 Å². The summed E-state index contributed by atoms with van der Waals surface area (Å²) in [4.78, 5) is 4.74. The third-order valence-electron chi connectivity index (χ3n) is 16.4. The summed E-state index contributed by atoms with van der Waals surface area (Å²) in [5.74, 6) is 0. The average molecular weight is 1110 g/mol. The lowest BCUT2D eigenvalue weighted by atomic mass is 10.0. The maximum atomic E-state index is 2.37. The Morgan fingerprint density at radius 1 is 0.163 bits per heavy atom. The molecule has 0 heterocycles. The van der Waals surface area contributed by atoms with Gasteiger partial charge in [-0.3, -0.25) is 0 Å². The first-order valence-electron chi connectivity index (χ1n) is 30.5. The Morgan fingerprint density at radius 3 is 0.523 bits per heavy atom. The summed E-state index contributed by atoms with van der Waals surface area (Å²) in [7, 11) is 0. The molecule has 86 heavy (non-hydrogen) atoms. The lowest BCUT2D eigenvalue weighted by molar-refractivity contribution is 0.959. The highest BCUT2D eigenvalue weighted by atomic mass is 15.1. The zero-order valence-corrected chi connectivity index (χ0v) is 48.9. The topological polar surface area (TPSA) is 6.48 Å². The SMILES string of the molecule is C(=C\c1ccc(N(c2ccc(CCc3ccccc3)cc2)c2ccc(CCc3ccccc3)cc2)cc1)/c1ccc(-c2ccc(/C=C/c3ccc(N(c4ccc(CCc5ccccc5)cc4)c4ccc(CCc5ccccc5)cc4)cc3)cc2)cc1. The van der Waals surface area contributed by atoms with E-state index >= 15 is 0 Å². The molecule has 0 fully saturated rings. The Morgan fingerprint density at radius 2 is 0.326 bits per heavy atom. The quantitative estimate of drug-likeness (QED) is 0.0589. The Bertz CT molecular complexity index is 3600. The minimum atomic E-state index is 1.01. The van der Waals surface area contributed by atoms with Crippen LogP contribution >= 0.6 is 0 Å². The fraction of sp³-hybridized carbons (Fsp3) is 0.0952. The van der Waals surface area contributed by atoms with Crippen LogP contribution in [-0.4, -0.2) is 0 Å². The molecule has 0 saturated heterocycles. The van der Waals surface area contributed by atoms with Crippen molar-refractivity contribution in [2.45, 2.75) is 51.4 Å². The molecule has 2 nitrogen and oxygen atoms in total. The Kier molecular flexibility index (Phi) is 18.5. The highest BCUT2D eigenvalue weighted by molar-refractivity contribution is 5.81. The van der Waals surface area contributed by atoms with Crippen molar-refractivity contribution in [3.05, 3.63) is 382 Å². The van der Waals surface area contributed by atoms with E-state index < -0.39 is 0 Å². The largest absolute Gasteiger partial charge is 0.311 e. The number of rotatable bonds is 23. The summed E-state index contributed by atoms with van der Waals surface area (Å²) < 4.78 is 0. The van der Waals surface area contributed by atoms with Gasteiger partial charge in [-0.25, -0.2) is 0 Å². The van der Waals surface area contributed by atoms with Crippen LogP contribution in [0.25, 0.3) is 35.4 Å². The second kappa shape index (κ2) is 28.3. The van der Waals surface area contributed by atoms with Gasteiger partial charge in [0.05, 0.1) is 0 Å². The van der Waals surface area contributed by atoms with Gasteiger partial charge in [0.1, 0.15) is 0 Å². The molecule has 0 N–H and O–H groups in total. The predicted molar refractivity (Wildman–Crippen MR) is 367 cm³/mol. The summed E-state index contributed by atoms with van der Waals surface area (Å²) in [6, 6.07) is 115. The van der Waals surface area contributed by atoms with Gasteiger partial charge >= 0.3 is 0 Å². The van der Waals surface area contributed by atoms with Crippen LogP contribution in [0.4, 0.5) is 34.1 Å². The summed E-state index contributed by atoms with van der Waals surface area (Å²) in [6.45, 7) is 0. The van der Waals surface area contributed by atoms with Crippen LogP contribution in [0.2, 0.25) is 0 Å². The number of nitrogens with zero attached hydrogens (tertiary/aromatic N) is 2. The first-order chi connectivity index (χ1) is 42.6.